The monoisotopic (exact) mass is 307 g/mol. The van der Waals surface area contributed by atoms with Crippen LogP contribution in [-0.4, -0.2) is 22.8 Å². The van der Waals surface area contributed by atoms with Gasteiger partial charge in [0.2, 0.25) is 5.91 Å². The first-order chi connectivity index (χ1) is 9.68. The SMILES string of the molecule is CC(C)(C)[C@H](NC(=O)c1cc2cc(Cl)ccc2[nH]1)C(N)=O. The van der Waals surface area contributed by atoms with Gasteiger partial charge in [-0.25, -0.2) is 0 Å². The van der Waals surface area contributed by atoms with Crippen LogP contribution in [0.15, 0.2) is 24.3 Å². The van der Waals surface area contributed by atoms with Gasteiger partial charge < -0.3 is 16.0 Å². The van der Waals surface area contributed by atoms with Gasteiger partial charge in [-0.15, -0.1) is 0 Å². The predicted octanol–water partition coefficient (Wildman–Crippen LogP) is 2.45. The second kappa shape index (κ2) is 5.41. The van der Waals surface area contributed by atoms with E-state index < -0.39 is 17.4 Å². The first kappa shape index (κ1) is 15.4. The fourth-order valence-corrected chi connectivity index (χ4v) is 2.33. The minimum atomic E-state index is -0.750. The molecule has 2 aromatic rings. The number of H-pyrrole nitrogens is 1. The van der Waals surface area contributed by atoms with Crippen LogP contribution in [0, 0.1) is 5.41 Å². The van der Waals surface area contributed by atoms with E-state index >= 15 is 0 Å². The molecule has 0 saturated carbocycles. The Bertz CT molecular complexity index is 700. The molecule has 1 heterocycles. The maximum atomic E-state index is 12.3. The van der Waals surface area contributed by atoms with Crippen LogP contribution < -0.4 is 11.1 Å². The number of hydrogen-bond acceptors (Lipinski definition) is 2. The van der Waals surface area contributed by atoms with Crippen molar-refractivity contribution in [1.82, 2.24) is 10.3 Å². The van der Waals surface area contributed by atoms with Gasteiger partial charge in [0.05, 0.1) is 0 Å². The largest absolute Gasteiger partial charge is 0.368 e. The van der Waals surface area contributed by atoms with Gasteiger partial charge >= 0.3 is 0 Å². The number of rotatable bonds is 3. The minimum absolute atomic E-state index is 0.364. The first-order valence-electron chi connectivity index (χ1n) is 6.57. The Morgan fingerprint density at radius 2 is 1.95 bits per heavy atom. The summed E-state index contributed by atoms with van der Waals surface area (Å²) in [5.74, 6) is -0.934. The molecular formula is C15H18ClN3O2. The number of aromatic amines is 1. The lowest BCUT2D eigenvalue weighted by Gasteiger charge is -2.28. The summed E-state index contributed by atoms with van der Waals surface area (Å²) in [4.78, 5) is 26.8. The van der Waals surface area contributed by atoms with Crippen LogP contribution in [0.1, 0.15) is 31.3 Å². The van der Waals surface area contributed by atoms with E-state index in [1.807, 2.05) is 20.8 Å². The standard InChI is InChI=1S/C15H18ClN3O2/c1-15(2,3)12(13(17)20)19-14(21)11-7-8-6-9(16)4-5-10(8)18-11/h4-7,12,18H,1-3H3,(H2,17,20)(H,19,21)/t12-/m1/s1. The average molecular weight is 308 g/mol. The van der Waals surface area contributed by atoms with Gasteiger partial charge in [-0.3, -0.25) is 9.59 Å². The van der Waals surface area contributed by atoms with Crippen molar-refractivity contribution in [2.24, 2.45) is 11.1 Å². The van der Waals surface area contributed by atoms with Crippen molar-refractivity contribution in [3.8, 4) is 0 Å². The summed E-state index contributed by atoms with van der Waals surface area (Å²) in [6, 6.07) is 6.24. The van der Waals surface area contributed by atoms with Gasteiger partial charge in [-0.2, -0.15) is 0 Å². The van der Waals surface area contributed by atoms with E-state index in [1.54, 1.807) is 24.3 Å². The number of primary amides is 1. The zero-order chi connectivity index (χ0) is 15.8. The number of hydrogen-bond donors (Lipinski definition) is 3. The molecule has 1 aromatic carbocycles. The van der Waals surface area contributed by atoms with Gasteiger partial charge in [-0.1, -0.05) is 32.4 Å². The zero-order valence-electron chi connectivity index (χ0n) is 12.2. The Kier molecular flexibility index (Phi) is 3.96. The minimum Gasteiger partial charge on any atom is -0.368 e. The summed E-state index contributed by atoms with van der Waals surface area (Å²) < 4.78 is 0. The lowest BCUT2D eigenvalue weighted by atomic mass is 9.86. The Morgan fingerprint density at radius 1 is 1.29 bits per heavy atom. The van der Waals surface area contributed by atoms with Crippen molar-refractivity contribution < 1.29 is 9.59 Å². The summed E-state index contributed by atoms with van der Waals surface area (Å²) in [5.41, 5.74) is 6.07. The molecule has 112 valence electrons. The summed E-state index contributed by atoms with van der Waals surface area (Å²) >= 11 is 5.92. The molecule has 2 amide bonds. The summed E-state index contributed by atoms with van der Waals surface area (Å²) in [7, 11) is 0. The van der Waals surface area contributed by atoms with E-state index in [-0.39, 0.29) is 5.91 Å². The van der Waals surface area contributed by atoms with Gasteiger partial charge in [-0.05, 0) is 29.7 Å². The van der Waals surface area contributed by atoms with Gasteiger partial charge in [0, 0.05) is 15.9 Å². The van der Waals surface area contributed by atoms with Gasteiger partial charge in [0.25, 0.3) is 5.91 Å². The Morgan fingerprint density at radius 3 is 2.52 bits per heavy atom. The topological polar surface area (TPSA) is 88.0 Å². The van der Waals surface area contributed by atoms with Crippen LogP contribution in [0.5, 0.6) is 0 Å². The second-order valence-electron chi connectivity index (χ2n) is 6.09. The highest BCUT2D eigenvalue weighted by Gasteiger charge is 2.31. The fourth-order valence-electron chi connectivity index (χ4n) is 2.15. The number of amides is 2. The normalized spacial score (nSPS) is 13.1. The van der Waals surface area contributed by atoms with E-state index in [0.717, 1.165) is 10.9 Å². The molecule has 0 aliphatic heterocycles. The summed E-state index contributed by atoms with van der Waals surface area (Å²) in [6.45, 7) is 5.52. The molecule has 0 aliphatic carbocycles. The molecule has 21 heavy (non-hydrogen) atoms. The number of fused-ring (bicyclic) bond motifs is 1. The maximum Gasteiger partial charge on any atom is 0.268 e. The number of aromatic nitrogens is 1. The molecule has 0 spiro atoms. The highest BCUT2D eigenvalue weighted by atomic mass is 35.5. The van der Waals surface area contributed by atoms with Crippen molar-refractivity contribution in [1.29, 1.82) is 0 Å². The highest BCUT2D eigenvalue weighted by Crippen LogP contribution is 2.22. The molecule has 1 aromatic heterocycles. The molecule has 2 rings (SSSR count). The second-order valence-corrected chi connectivity index (χ2v) is 6.53. The van der Waals surface area contributed by atoms with Crippen LogP contribution in [0.4, 0.5) is 0 Å². The number of carbonyl (C=O) groups is 2. The lowest BCUT2D eigenvalue weighted by molar-refractivity contribution is -0.122. The molecule has 5 nitrogen and oxygen atoms in total. The first-order valence-corrected chi connectivity index (χ1v) is 6.95. The van der Waals surface area contributed by atoms with Crippen molar-refractivity contribution in [3.63, 3.8) is 0 Å². The molecule has 0 fully saturated rings. The van der Waals surface area contributed by atoms with Crippen LogP contribution in [0.25, 0.3) is 10.9 Å². The maximum absolute atomic E-state index is 12.3. The summed E-state index contributed by atoms with van der Waals surface area (Å²) in [6.07, 6.45) is 0. The Balaban J connectivity index is 2.27. The van der Waals surface area contributed by atoms with E-state index in [9.17, 15) is 9.59 Å². The number of benzene rings is 1. The third-order valence-electron chi connectivity index (χ3n) is 3.25. The van der Waals surface area contributed by atoms with E-state index in [1.165, 1.54) is 0 Å². The molecular weight excluding hydrogens is 290 g/mol. The number of halogens is 1. The molecule has 0 radical (unpaired) electrons. The zero-order valence-corrected chi connectivity index (χ0v) is 12.9. The van der Waals surface area contributed by atoms with Crippen molar-refractivity contribution >= 4 is 34.3 Å². The van der Waals surface area contributed by atoms with Crippen molar-refractivity contribution in [2.45, 2.75) is 26.8 Å². The van der Waals surface area contributed by atoms with E-state index in [4.69, 9.17) is 17.3 Å². The van der Waals surface area contributed by atoms with Crippen LogP contribution >= 0.6 is 11.6 Å². The van der Waals surface area contributed by atoms with E-state index in [2.05, 4.69) is 10.3 Å². The predicted molar refractivity (Wildman–Crippen MR) is 83.2 cm³/mol. The number of nitrogens with two attached hydrogens (primary N) is 1. The van der Waals surface area contributed by atoms with Crippen molar-refractivity contribution in [3.05, 3.63) is 35.0 Å². The smallest absolute Gasteiger partial charge is 0.268 e. The molecule has 4 N–H and O–H groups in total. The summed E-state index contributed by atoms with van der Waals surface area (Å²) in [5, 5.41) is 4.10. The van der Waals surface area contributed by atoms with Crippen LogP contribution in [0.3, 0.4) is 0 Å². The molecule has 0 bridgehead atoms. The number of carbonyl (C=O) groups excluding carboxylic acids is 2. The van der Waals surface area contributed by atoms with Crippen LogP contribution in [-0.2, 0) is 4.79 Å². The van der Waals surface area contributed by atoms with Crippen LogP contribution in [0.2, 0.25) is 5.02 Å². The Hall–Kier alpha value is -2.01. The van der Waals surface area contributed by atoms with Gasteiger partial charge in [0.1, 0.15) is 11.7 Å². The third-order valence-corrected chi connectivity index (χ3v) is 3.49. The van der Waals surface area contributed by atoms with Gasteiger partial charge in [0.15, 0.2) is 0 Å². The molecule has 0 unspecified atom stereocenters. The fraction of sp³-hybridized carbons (Fsp3) is 0.333. The molecule has 6 heteroatoms. The molecule has 1 atom stereocenters. The average Bonchev–Trinajstić information content (AvgIpc) is 2.76. The Labute approximate surface area is 127 Å². The molecule has 0 aliphatic rings. The van der Waals surface area contributed by atoms with Crippen molar-refractivity contribution in [2.75, 3.05) is 0 Å². The van der Waals surface area contributed by atoms with E-state index in [0.29, 0.717) is 10.7 Å². The lowest BCUT2D eigenvalue weighted by Crippen LogP contribution is -2.52. The number of nitrogens with one attached hydrogen (secondary N) is 2. The highest BCUT2D eigenvalue weighted by molar-refractivity contribution is 6.31. The quantitative estimate of drug-likeness (QED) is 0.813. The molecule has 0 saturated heterocycles. The third kappa shape index (κ3) is 3.36.